The number of fused-ring (bicyclic) bond motifs is 3. The molecule has 30 heavy (non-hydrogen) atoms. The SMILES string of the molecule is CC(C)C[C](=[Hf+2])CC(C)C.[C-]1=CC=CC1.[Cl-].[Cl-].[c-]1cccc2c1Cc1ccccc1-2. The standard InChI is InChI=1S/C13H9.C9H18.C5H5.2ClH.Hf/c1-3-7-12-10(5-1)9-11-6-2-4-8-13(11)12;1-8(2)6-5-7-9(3)4;1-2-4-5-3-1;;;/h1-5,7-8H,9H2;8-9H,6-7H2,1-4H3;1-3H,4H2;2*1H;/q-1;;-1;;;+2/p-2. The molecule has 0 nitrogen and oxygen atoms in total. The Morgan fingerprint density at radius 2 is 1.57 bits per heavy atom. The zero-order chi connectivity index (χ0) is 20.4. The molecule has 0 fully saturated rings. The first kappa shape index (κ1) is 29.2. The molecule has 2 aliphatic rings. The Labute approximate surface area is 211 Å². The van der Waals surface area contributed by atoms with Crippen molar-refractivity contribution in [3.8, 4) is 11.1 Å². The summed E-state index contributed by atoms with van der Waals surface area (Å²) >= 11 is 1.30. The van der Waals surface area contributed by atoms with Gasteiger partial charge in [0.05, 0.1) is 0 Å². The molecule has 0 radical (unpaired) electrons. The summed E-state index contributed by atoms with van der Waals surface area (Å²) in [7, 11) is 0. The molecule has 0 saturated heterocycles. The van der Waals surface area contributed by atoms with Gasteiger partial charge < -0.3 is 24.8 Å². The van der Waals surface area contributed by atoms with E-state index in [4.69, 9.17) is 0 Å². The van der Waals surface area contributed by atoms with Gasteiger partial charge in [-0.2, -0.15) is 35.9 Å². The summed E-state index contributed by atoms with van der Waals surface area (Å²) in [5.74, 6) is 1.73. The van der Waals surface area contributed by atoms with Crippen LogP contribution in [0.25, 0.3) is 11.1 Å². The Morgan fingerprint density at radius 3 is 2.10 bits per heavy atom. The second-order valence-electron chi connectivity index (χ2n) is 8.20. The molecule has 0 aliphatic heterocycles. The first-order valence-electron chi connectivity index (χ1n) is 10.3. The Bertz CT molecular complexity index is 754. The van der Waals surface area contributed by atoms with Crippen molar-refractivity contribution in [2.24, 2.45) is 11.8 Å². The zero-order valence-corrected chi connectivity index (χ0v) is 23.6. The van der Waals surface area contributed by atoms with Gasteiger partial charge in [-0.25, -0.2) is 12.2 Å². The molecule has 160 valence electrons. The van der Waals surface area contributed by atoms with Crippen molar-refractivity contribution in [1.29, 1.82) is 0 Å². The van der Waals surface area contributed by atoms with E-state index in [-0.39, 0.29) is 24.8 Å². The molecular weight excluding hydrogens is 574 g/mol. The van der Waals surface area contributed by atoms with Gasteiger partial charge >= 0.3 is 79.5 Å². The maximum atomic E-state index is 3.30. The second-order valence-corrected chi connectivity index (χ2v) is 10.7. The minimum atomic E-state index is 0. The predicted octanol–water partition coefficient (Wildman–Crippen LogP) is 1.17. The van der Waals surface area contributed by atoms with Gasteiger partial charge in [0.15, 0.2) is 0 Å². The third-order valence-electron chi connectivity index (χ3n) is 4.51. The van der Waals surface area contributed by atoms with Crippen LogP contribution in [0, 0.1) is 24.0 Å². The minimum Gasteiger partial charge on any atom is -1.00 e. The molecule has 0 atom stereocenters. The molecule has 0 bridgehead atoms. The molecule has 2 aromatic carbocycles. The average molecular weight is 606 g/mol. The van der Waals surface area contributed by atoms with Gasteiger partial charge in [0.25, 0.3) is 0 Å². The summed E-state index contributed by atoms with van der Waals surface area (Å²) in [6, 6.07) is 18.1. The molecule has 0 aromatic heterocycles. The van der Waals surface area contributed by atoms with Gasteiger partial charge in [0, 0.05) is 0 Å². The first-order chi connectivity index (χ1) is 13.5. The molecule has 2 aliphatic carbocycles. The fourth-order valence-corrected chi connectivity index (χ4v) is 6.34. The molecule has 0 spiro atoms. The van der Waals surface area contributed by atoms with Crippen LogP contribution in [-0.2, 0) is 30.3 Å². The van der Waals surface area contributed by atoms with Gasteiger partial charge in [-0.15, -0.1) is 12.0 Å². The van der Waals surface area contributed by atoms with Crippen LogP contribution in [-0.4, -0.2) is 3.26 Å². The van der Waals surface area contributed by atoms with Crippen LogP contribution in [0.2, 0.25) is 0 Å². The van der Waals surface area contributed by atoms with E-state index in [9.17, 15) is 0 Å². The van der Waals surface area contributed by atoms with Crippen molar-refractivity contribution in [2.75, 3.05) is 0 Å². The maximum Gasteiger partial charge on any atom is -0.0253 e. The quantitative estimate of drug-likeness (QED) is 0.310. The van der Waals surface area contributed by atoms with Crippen LogP contribution in [0.15, 0.2) is 60.7 Å². The predicted molar refractivity (Wildman–Crippen MR) is 119 cm³/mol. The van der Waals surface area contributed by atoms with Crippen molar-refractivity contribution < 1.29 is 48.7 Å². The fraction of sp³-hybridized carbons (Fsp3) is 0.370. The van der Waals surface area contributed by atoms with Crippen LogP contribution in [0.1, 0.15) is 58.1 Å². The number of hydrogen-bond acceptors (Lipinski definition) is 0. The van der Waals surface area contributed by atoms with Crippen molar-refractivity contribution in [3.63, 3.8) is 0 Å². The van der Waals surface area contributed by atoms with Crippen molar-refractivity contribution >= 4 is 3.26 Å². The minimum absolute atomic E-state index is 0. The molecule has 0 saturated carbocycles. The largest absolute Gasteiger partial charge is 1.00 e. The molecule has 0 unspecified atom stereocenters. The van der Waals surface area contributed by atoms with E-state index in [1.807, 2.05) is 18.2 Å². The third kappa shape index (κ3) is 10.5. The number of rotatable bonds is 4. The van der Waals surface area contributed by atoms with Crippen LogP contribution in [0.4, 0.5) is 0 Å². The molecule has 3 heteroatoms. The van der Waals surface area contributed by atoms with E-state index in [1.165, 1.54) is 59.0 Å². The molecule has 0 N–H and O–H groups in total. The summed E-state index contributed by atoms with van der Waals surface area (Å²) in [4.78, 5) is 0. The van der Waals surface area contributed by atoms with E-state index >= 15 is 0 Å². The van der Waals surface area contributed by atoms with E-state index < -0.39 is 0 Å². The number of hydrogen-bond donors (Lipinski definition) is 0. The molecule has 4 rings (SSSR count). The first-order valence-corrected chi connectivity index (χ1v) is 12.1. The number of benzene rings is 2. The van der Waals surface area contributed by atoms with Gasteiger partial charge in [-0.3, -0.25) is 6.08 Å². The van der Waals surface area contributed by atoms with E-state index in [1.54, 1.807) is 3.26 Å². The summed E-state index contributed by atoms with van der Waals surface area (Å²) in [5.41, 5.74) is 5.51. The maximum absolute atomic E-state index is 3.30. The van der Waals surface area contributed by atoms with Crippen molar-refractivity contribution in [2.45, 2.75) is 53.4 Å². The van der Waals surface area contributed by atoms with Crippen LogP contribution < -0.4 is 24.8 Å². The van der Waals surface area contributed by atoms with Gasteiger partial charge in [0.1, 0.15) is 0 Å². The van der Waals surface area contributed by atoms with Crippen LogP contribution >= 0.6 is 0 Å². The van der Waals surface area contributed by atoms with Gasteiger partial charge in [-0.05, 0) is 6.42 Å². The summed E-state index contributed by atoms with van der Waals surface area (Å²) in [5, 5.41) is 0. The van der Waals surface area contributed by atoms with Crippen molar-refractivity contribution in [1.82, 2.24) is 0 Å². The Morgan fingerprint density at radius 1 is 0.933 bits per heavy atom. The normalized spacial score (nSPS) is 12.0. The van der Waals surface area contributed by atoms with E-state index in [2.05, 4.69) is 82.3 Å². The second kappa shape index (κ2) is 16.0. The monoisotopic (exact) mass is 606 g/mol. The topological polar surface area (TPSA) is 0 Å². The van der Waals surface area contributed by atoms with Gasteiger partial charge in [-0.1, -0.05) is 35.4 Å². The number of allylic oxidation sites excluding steroid dienone is 4. The van der Waals surface area contributed by atoms with Crippen LogP contribution in [0.5, 0.6) is 0 Å². The Kier molecular flexibility index (Phi) is 15.6. The van der Waals surface area contributed by atoms with Crippen molar-refractivity contribution in [3.05, 3.63) is 84.0 Å². The molecule has 0 amide bonds. The molecule has 0 heterocycles. The summed E-state index contributed by atoms with van der Waals surface area (Å²) in [6.07, 6.45) is 13.8. The molecule has 2 aromatic rings. The van der Waals surface area contributed by atoms with Gasteiger partial charge in [0.2, 0.25) is 0 Å². The zero-order valence-electron chi connectivity index (χ0n) is 18.5. The van der Waals surface area contributed by atoms with E-state index in [0.29, 0.717) is 0 Å². The fourth-order valence-electron chi connectivity index (χ4n) is 3.41. The Balaban J connectivity index is 0.000000444. The summed E-state index contributed by atoms with van der Waals surface area (Å²) < 4.78 is 1.80. The Hall–Kier alpha value is -0.760. The summed E-state index contributed by atoms with van der Waals surface area (Å²) in [6.45, 7) is 9.22. The third-order valence-corrected chi connectivity index (χ3v) is 5.98. The average Bonchev–Trinajstić information content (AvgIpc) is 3.32. The van der Waals surface area contributed by atoms with Crippen LogP contribution in [0.3, 0.4) is 0 Å². The number of halogens is 2. The smallest absolute Gasteiger partial charge is 0.0253 e. The van der Waals surface area contributed by atoms with E-state index in [0.717, 1.165) is 24.7 Å². The molecular formula is C27H32Cl2Hf-2.